The second kappa shape index (κ2) is 12.2. The normalized spacial score (nSPS) is 11.7. The highest BCUT2D eigenvalue weighted by Gasteiger charge is 2.21. The smallest absolute Gasteiger partial charge is 0.143 e. The second-order valence-corrected chi connectivity index (χ2v) is 14.1. The molecule has 0 atom stereocenters. The lowest BCUT2D eigenvalue weighted by Crippen LogP contribution is -2.11. The molecule has 1 heterocycles. The first-order valence-electron chi connectivity index (χ1n) is 18.5. The molecule has 0 aliphatic rings. The van der Waals surface area contributed by atoms with Gasteiger partial charge in [0.15, 0.2) is 0 Å². The van der Waals surface area contributed by atoms with Crippen LogP contribution in [0, 0.1) is 0 Å². The Labute approximate surface area is 312 Å². The Morgan fingerprint density at radius 1 is 0.296 bits per heavy atom. The van der Waals surface area contributed by atoms with Crippen LogP contribution in [0.3, 0.4) is 0 Å². The SMILES string of the molecule is c1ccc(N(c2ccc(-c3cccc4ccccc34)cc2)c2ccc3c(ccc4ccccc43)c2)c(-c2cccc3c2oc2c4ccccc4ccc32)c1. The van der Waals surface area contributed by atoms with Crippen molar-refractivity contribution in [2.75, 3.05) is 4.90 Å². The summed E-state index contributed by atoms with van der Waals surface area (Å²) in [5.41, 5.74) is 9.65. The van der Waals surface area contributed by atoms with Gasteiger partial charge in [-0.2, -0.15) is 0 Å². The van der Waals surface area contributed by atoms with Gasteiger partial charge in [-0.1, -0.05) is 164 Å². The quantitative estimate of drug-likeness (QED) is 0.168. The molecule has 2 heteroatoms. The van der Waals surface area contributed by atoms with Crippen LogP contribution in [-0.4, -0.2) is 0 Å². The van der Waals surface area contributed by atoms with E-state index in [0.717, 1.165) is 55.5 Å². The molecule has 11 aromatic rings. The van der Waals surface area contributed by atoms with Crippen LogP contribution < -0.4 is 4.90 Å². The van der Waals surface area contributed by atoms with E-state index in [1.165, 1.54) is 48.8 Å². The fraction of sp³-hybridized carbons (Fsp3) is 0. The number of anilines is 3. The first kappa shape index (κ1) is 30.5. The molecule has 0 bridgehead atoms. The molecule has 54 heavy (non-hydrogen) atoms. The number of rotatable bonds is 5. The zero-order valence-electron chi connectivity index (χ0n) is 29.4. The molecule has 0 unspecified atom stereocenters. The average Bonchev–Trinajstić information content (AvgIpc) is 3.64. The van der Waals surface area contributed by atoms with Gasteiger partial charge in [-0.3, -0.25) is 0 Å². The Balaban J connectivity index is 1.13. The lowest BCUT2D eigenvalue weighted by molar-refractivity contribution is 0.674. The Morgan fingerprint density at radius 3 is 1.67 bits per heavy atom. The maximum Gasteiger partial charge on any atom is 0.143 e. The van der Waals surface area contributed by atoms with Gasteiger partial charge in [-0.25, -0.2) is 0 Å². The maximum atomic E-state index is 6.88. The third kappa shape index (κ3) is 4.81. The molecule has 0 saturated carbocycles. The minimum atomic E-state index is 0.896. The van der Waals surface area contributed by atoms with Crippen LogP contribution in [0.2, 0.25) is 0 Å². The fourth-order valence-corrected chi connectivity index (χ4v) is 8.47. The highest BCUT2D eigenvalue weighted by molar-refractivity contribution is 6.18. The number of nitrogens with zero attached hydrogens (tertiary/aromatic N) is 1. The summed E-state index contributed by atoms with van der Waals surface area (Å²) < 4.78 is 6.88. The molecular formula is C52H33NO. The van der Waals surface area contributed by atoms with Gasteiger partial charge in [0.1, 0.15) is 11.2 Å². The van der Waals surface area contributed by atoms with Gasteiger partial charge in [-0.15, -0.1) is 0 Å². The molecule has 0 aliphatic carbocycles. The van der Waals surface area contributed by atoms with Gasteiger partial charge >= 0.3 is 0 Å². The number of hydrogen-bond acceptors (Lipinski definition) is 2. The van der Waals surface area contributed by atoms with Crippen molar-refractivity contribution >= 4 is 82.1 Å². The standard InChI is InChI=1S/C52H33NO/c1-4-15-41-34(11-1)14-9-19-43(41)37-25-28-39(29-26-37)53(40-30-32-44-38(33-40)24-23-35-12-2-5-16-42(35)44)50-22-8-7-18-46(50)47-20-10-21-48-49-31-27-36-13-3-6-17-45(36)51(49)54-52(47)48/h1-33H. The van der Waals surface area contributed by atoms with Gasteiger partial charge in [0.25, 0.3) is 0 Å². The zero-order valence-corrected chi connectivity index (χ0v) is 29.4. The number of benzene rings is 10. The van der Waals surface area contributed by atoms with Crippen molar-refractivity contribution in [2.45, 2.75) is 0 Å². The summed E-state index contributed by atoms with van der Waals surface area (Å²) in [4.78, 5) is 2.40. The molecular weight excluding hydrogens is 655 g/mol. The zero-order chi connectivity index (χ0) is 35.6. The van der Waals surface area contributed by atoms with Crippen molar-refractivity contribution in [1.82, 2.24) is 0 Å². The minimum Gasteiger partial charge on any atom is -0.455 e. The van der Waals surface area contributed by atoms with Crippen molar-refractivity contribution in [3.05, 3.63) is 200 Å². The van der Waals surface area contributed by atoms with Crippen LogP contribution in [-0.2, 0) is 0 Å². The Kier molecular flexibility index (Phi) is 6.90. The first-order valence-corrected chi connectivity index (χ1v) is 18.5. The van der Waals surface area contributed by atoms with E-state index >= 15 is 0 Å². The number of hydrogen-bond donors (Lipinski definition) is 0. The molecule has 0 saturated heterocycles. The maximum absolute atomic E-state index is 6.88. The Hall–Kier alpha value is -7.16. The topological polar surface area (TPSA) is 16.4 Å². The third-order valence-corrected chi connectivity index (χ3v) is 11.0. The van der Waals surface area contributed by atoms with Gasteiger partial charge < -0.3 is 9.32 Å². The number of fused-ring (bicyclic) bond motifs is 9. The van der Waals surface area contributed by atoms with E-state index in [1.807, 2.05) is 0 Å². The molecule has 0 radical (unpaired) electrons. The van der Waals surface area contributed by atoms with Gasteiger partial charge in [-0.05, 0) is 85.2 Å². The van der Waals surface area contributed by atoms with Crippen LogP contribution in [0.4, 0.5) is 17.1 Å². The fourth-order valence-electron chi connectivity index (χ4n) is 8.47. The van der Waals surface area contributed by atoms with Gasteiger partial charge in [0.05, 0.1) is 5.69 Å². The molecule has 1 aromatic heterocycles. The van der Waals surface area contributed by atoms with E-state index in [4.69, 9.17) is 4.42 Å². The van der Waals surface area contributed by atoms with E-state index in [2.05, 4.69) is 205 Å². The highest BCUT2D eigenvalue weighted by Crippen LogP contribution is 2.46. The summed E-state index contributed by atoms with van der Waals surface area (Å²) in [5, 5.41) is 12.0. The van der Waals surface area contributed by atoms with Crippen molar-refractivity contribution in [2.24, 2.45) is 0 Å². The Morgan fingerprint density at radius 2 is 0.815 bits per heavy atom. The molecule has 0 amide bonds. The van der Waals surface area contributed by atoms with Crippen LogP contribution in [0.25, 0.3) is 87.3 Å². The average molecular weight is 688 g/mol. The van der Waals surface area contributed by atoms with Crippen LogP contribution in [0.1, 0.15) is 0 Å². The molecule has 2 nitrogen and oxygen atoms in total. The van der Waals surface area contributed by atoms with E-state index < -0.39 is 0 Å². The summed E-state index contributed by atoms with van der Waals surface area (Å²) in [6.45, 7) is 0. The molecule has 0 aliphatic heterocycles. The van der Waals surface area contributed by atoms with E-state index in [9.17, 15) is 0 Å². The number of para-hydroxylation sites is 2. The monoisotopic (exact) mass is 687 g/mol. The minimum absolute atomic E-state index is 0.896. The van der Waals surface area contributed by atoms with Crippen LogP contribution in [0.5, 0.6) is 0 Å². The van der Waals surface area contributed by atoms with Crippen molar-refractivity contribution in [3.63, 3.8) is 0 Å². The summed E-state index contributed by atoms with van der Waals surface area (Å²) in [5.74, 6) is 0. The van der Waals surface area contributed by atoms with E-state index in [-0.39, 0.29) is 0 Å². The third-order valence-electron chi connectivity index (χ3n) is 11.0. The van der Waals surface area contributed by atoms with Crippen LogP contribution in [0.15, 0.2) is 205 Å². The summed E-state index contributed by atoms with van der Waals surface area (Å²) in [7, 11) is 0. The Bertz CT molecular complexity index is 3220. The number of furan rings is 1. The predicted octanol–water partition coefficient (Wildman–Crippen LogP) is 15.0. The highest BCUT2D eigenvalue weighted by atomic mass is 16.3. The summed E-state index contributed by atoms with van der Waals surface area (Å²) in [6.07, 6.45) is 0. The molecule has 0 spiro atoms. The van der Waals surface area contributed by atoms with Crippen LogP contribution >= 0.6 is 0 Å². The van der Waals surface area contributed by atoms with Crippen molar-refractivity contribution < 1.29 is 4.42 Å². The van der Waals surface area contributed by atoms with Gasteiger partial charge in [0, 0.05) is 38.7 Å². The largest absolute Gasteiger partial charge is 0.455 e. The van der Waals surface area contributed by atoms with Crippen molar-refractivity contribution in [1.29, 1.82) is 0 Å². The molecule has 0 N–H and O–H groups in total. The molecule has 0 fully saturated rings. The lowest BCUT2D eigenvalue weighted by atomic mass is 9.97. The molecule has 10 aromatic carbocycles. The molecule has 11 rings (SSSR count). The van der Waals surface area contributed by atoms with Gasteiger partial charge in [0.2, 0.25) is 0 Å². The molecule has 252 valence electrons. The second-order valence-electron chi connectivity index (χ2n) is 14.1. The lowest BCUT2D eigenvalue weighted by Gasteiger charge is -2.28. The predicted molar refractivity (Wildman–Crippen MR) is 229 cm³/mol. The summed E-state index contributed by atoms with van der Waals surface area (Å²) >= 11 is 0. The van der Waals surface area contributed by atoms with Crippen molar-refractivity contribution in [3.8, 4) is 22.3 Å². The summed E-state index contributed by atoms with van der Waals surface area (Å²) in [6, 6.07) is 72.2. The van der Waals surface area contributed by atoms with E-state index in [1.54, 1.807) is 0 Å². The first-order chi connectivity index (χ1) is 26.8. The van der Waals surface area contributed by atoms with E-state index in [0.29, 0.717) is 0 Å².